The number of aryl methyl sites for hydroxylation is 1. The Balaban J connectivity index is 1.79. The number of benzene rings is 2. The Labute approximate surface area is 159 Å². The second kappa shape index (κ2) is 6.70. The van der Waals surface area contributed by atoms with Crippen molar-refractivity contribution in [3.8, 4) is 23.0 Å². The van der Waals surface area contributed by atoms with Gasteiger partial charge in [-0.3, -0.25) is 9.59 Å². The number of para-hydroxylation sites is 1. The summed E-state index contributed by atoms with van der Waals surface area (Å²) >= 11 is 0. The molecule has 0 fully saturated rings. The highest BCUT2D eigenvalue weighted by molar-refractivity contribution is 6.11. The van der Waals surface area contributed by atoms with Crippen molar-refractivity contribution in [3.05, 3.63) is 76.2 Å². The number of fused-ring (bicyclic) bond motifs is 1. The van der Waals surface area contributed by atoms with Gasteiger partial charge in [-0.15, -0.1) is 0 Å². The number of H-pyrrole nitrogens is 1. The Kier molecular flexibility index (Phi) is 4.19. The van der Waals surface area contributed by atoms with E-state index in [0.29, 0.717) is 33.7 Å². The van der Waals surface area contributed by atoms with Crippen LogP contribution in [0.15, 0.2) is 59.5 Å². The van der Waals surface area contributed by atoms with Crippen LogP contribution in [0, 0.1) is 0 Å². The summed E-state index contributed by atoms with van der Waals surface area (Å²) in [6.07, 6.45) is 1.63. The lowest BCUT2D eigenvalue weighted by Gasteiger charge is -2.05. The molecule has 0 atom stereocenters. The fraction of sp³-hybridized carbons (Fsp3) is 0.0952. The summed E-state index contributed by atoms with van der Waals surface area (Å²) in [7, 11) is 3.25. The Morgan fingerprint density at radius 2 is 1.96 bits per heavy atom. The second-order valence-corrected chi connectivity index (χ2v) is 6.37. The summed E-state index contributed by atoms with van der Waals surface area (Å²) in [5, 5.41) is 10.6. The van der Waals surface area contributed by atoms with E-state index in [9.17, 15) is 14.7 Å². The molecule has 2 N–H and O–H groups in total. The first-order valence-electron chi connectivity index (χ1n) is 8.55. The van der Waals surface area contributed by atoms with Gasteiger partial charge in [0.2, 0.25) is 0 Å². The van der Waals surface area contributed by atoms with Crippen molar-refractivity contribution in [1.82, 2.24) is 14.5 Å². The third-order valence-electron chi connectivity index (χ3n) is 4.57. The van der Waals surface area contributed by atoms with Crippen LogP contribution < -0.4 is 10.3 Å². The van der Waals surface area contributed by atoms with Gasteiger partial charge in [-0.2, -0.15) is 0 Å². The van der Waals surface area contributed by atoms with Gasteiger partial charge in [0, 0.05) is 18.8 Å². The molecule has 140 valence electrons. The van der Waals surface area contributed by atoms with Crippen LogP contribution in [-0.4, -0.2) is 32.5 Å². The van der Waals surface area contributed by atoms with E-state index < -0.39 is 0 Å². The molecule has 28 heavy (non-hydrogen) atoms. The van der Waals surface area contributed by atoms with E-state index in [0.717, 1.165) is 0 Å². The van der Waals surface area contributed by atoms with Crippen molar-refractivity contribution in [1.29, 1.82) is 0 Å². The number of nitrogens with zero attached hydrogens (tertiary/aromatic N) is 2. The lowest BCUT2D eigenvalue weighted by Crippen LogP contribution is -2.10. The molecule has 0 aliphatic carbocycles. The van der Waals surface area contributed by atoms with Crippen molar-refractivity contribution in [2.45, 2.75) is 0 Å². The molecular formula is C21H17N3O4. The molecule has 7 heteroatoms. The maximum Gasteiger partial charge on any atom is 0.259 e. The van der Waals surface area contributed by atoms with Crippen LogP contribution in [-0.2, 0) is 7.05 Å². The Morgan fingerprint density at radius 1 is 1.18 bits per heavy atom. The number of hydrogen-bond acceptors (Lipinski definition) is 5. The highest BCUT2D eigenvalue weighted by Crippen LogP contribution is 2.27. The Bertz CT molecular complexity index is 1270. The SMILES string of the molecule is COc1ccc(O)c(C(=O)c2cc(-c3nc4ccccc4c(=O)[nH]3)n(C)c2)c1. The third-order valence-corrected chi connectivity index (χ3v) is 4.57. The summed E-state index contributed by atoms with van der Waals surface area (Å²) in [5.74, 6) is 0.341. The zero-order chi connectivity index (χ0) is 19.8. The molecule has 4 aromatic rings. The molecule has 2 aromatic heterocycles. The standard InChI is InChI=1S/C21H17N3O4/c1-24-11-12(19(26)15-10-13(28-2)7-8-18(15)25)9-17(24)20-22-16-6-4-3-5-14(16)21(27)23-20/h3-11,25H,1-2H3,(H,22,23,27). The van der Waals surface area contributed by atoms with Crippen LogP contribution >= 0.6 is 0 Å². The molecule has 0 radical (unpaired) electrons. The number of nitrogens with one attached hydrogen (secondary N) is 1. The summed E-state index contributed by atoms with van der Waals surface area (Å²) < 4.78 is 6.84. The molecule has 0 unspecified atom stereocenters. The number of ketones is 1. The summed E-state index contributed by atoms with van der Waals surface area (Å²) in [4.78, 5) is 32.5. The molecule has 0 spiro atoms. The number of ether oxygens (including phenoxy) is 1. The summed E-state index contributed by atoms with van der Waals surface area (Å²) in [6.45, 7) is 0. The van der Waals surface area contributed by atoms with Gasteiger partial charge in [0.1, 0.15) is 11.5 Å². The lowest BCUT2D eigenvalue weighted by atomic mass is 10.0. The highest BCUT2D eigenvalue weighted by Gasteiger charge is 2.19. The van der Waals surface area contributed by atoms with Gasteiger partial charge < -0.3 is 19.4 Å². The average molecular weight is 375 g/mol. The number of phenolic OH excluding ortho intramolecular Hbond substituents is 1. The van der Waals surface area contributed by atoms with Gasteiger partial charge in [0.25, 0.3) is 5.56 Å². The van der Waals surface area contributed by atoms with E-state index in [-0.39, 0.29) is 22.7 Å². The number of carbonyl (C=O) groups is 1. The maximum absolute atomic E-state index is 12.9. The largest absolute Gasteiger partial charge is 0.507 e. The van der Waals surface area contributed by atoms with Gasteiger partial charge in [-0.05, 0) is 36.4 Å². The number of aromatic nitrogens is 3. The van der Waals surface area contributed by atoms with Crippen molar-refractivity contribution < 1.29 is 14.6 Å². The normalized spacial score (nSPS) is 10.9. The number of rotatable bonds is 4. The van der Waals surface area contributed by atoms with Crippen LogP contribution in [0.1, 0.15) is 15.9 Å². The predicted molar refractivity (Wildman–Crippen MR) is 105 cm³/mol. The van der Waals surface area contributed by atoms with E-state index in [1.807, 2.05) is 6.07 Å². The quantitative estimate of drug-likeness (QED) is 0.535. The summed E-state index contributed by atoms with van der Waals surface area (Å²) in [5.41, 5.74) is 1.39. The number of hydrogen-bond donors (Lipinski definition) is 2. The van der Waals surface area contributed by atoms with Crippen molar-refractivity contribution >= 4 is 16.7 Å². The second-order valence-electron chi connectivity index (χ2n) is 6.37. The molecule has 7 nitrogen and oxygen atoms in total. The third kappa shape index (κ3) is 2.92. The topological polar surface area (TPSA) is 97.2 Å². The van der Waals surface area contributed by atoms with Crippen molar-refractivity contribution in [2.24, 2.45) is 7.05 Å². The van der Waals surface area contributed by atoms with Crippen LogP contribution in [0.4, 0.5) is 0 Å². The Hall–Kier alpha value is -3.87. The number of aromatic hydroxyl groups is 1. The first kappa shape index (κ1) is 17.5. The van der Waals surface area contributed by atoms with Crippen molar-refractivity contribution in [2.75, 3.05) is 7.11 Å². The summed E-state index contributed by atoms with van der Waals surface area (Å²) in [6, 6.07) is 13.2. The molecule has 0 amide bonds. The fourth-order valence-electron chi connectivity index (χ4n) is 3.11. The average Bonchev–Trinajstić information content (AvgIpc) is 3.09. The zero-order valence-corrected chi connectivity index (χ0v) is 15.3. The van der Waals surface area contributed by atoms with Crippen LogP contribution in [0.3, 0.4) is 0 Å². The monoisotopic (exact) mass is 375 g/mol. The first-order valence-corrected chi connectivity index (χ1v) is 8.55. The number of carbonyl (C=O) groups excluding carboxylic acids is 1. The van der Waals surface area contributed by atoms with Crippen molar-refractivity contribution in [3.63, 3.8) is 0 Å². The molecule has 0 aliphatic rings. The molecule has 0 saturated heterocycles. The van der Waals surface area contributed by atoms with E-state index in [4.69, 9.17) is 4.74 Å². The lowest BCUT2D eigenvalue weighted by molar-refractivity contribution is 0.103. The van der Waals surface area contributed by atoms with E-state index in [1.54, 1.807) is 48.1 Å². The molecule has 4 rings (SSSR count). The van der Waals surface area contributed by atoms with Gasteiger partial charge >= 0.3 is 0 Å². The van der Waals surface area contributed by atoms with Crippen LogP contribution in [0.5, 0.6) is 11.5 Å². The minimum absolute atomic E-state index is 0.131. The number of phenols is 1. The van der Waals surface area contributed by atoms with E-state index >= 15 is 0 Å². The van der Waals surface area contributed by atoms with Gasteiger partial charge in [-0.1, -0.05) is 12.1 Å². The van der Waals surface area contributed by atoms with Crippen LogP contribution in [0.2, 0.25) is 0 Å². The maximum atomic E-state index is 12.9. The predicted octanol–water partition coefficient (Wildman–Crippen LogP) is 2.87. The molecule has 0 aliphatic heterocycles. The fourth-order valence-corrected chi connectivity index (χ4v) is 3.11. The molecular weight excluding hydrogens is 358 g/mol. The molecule has 2 aromatic carbocycles. The number of methoxy groups -OCH3 is 1. The number of aromatic amines is 1. The highest BCUT2D eigenvalue weighted by atomic mass is 16.5. The van der Waals surface area contributed by atoms with Crippen LogP contribution in [0.25, 0.3) is 22.4 Å². The molecule has 2 heterocycles. The zero-order valence-electron chi connectivity index (χ0n) is 15.3. The van der Waals surface area contributed by atoms with Gasteiger partial charge in [0.15, 0.2) is 11.6 Å². The minimum Gasteiger partial charge on any atom is -0.507 e. The molecule has 0 bridgehead atoms. The van der Waals surface area contributed by atoms with Gasteiger partial charge in [0.05, 0.1) is 29.3 Å². The molecule has 0 saturated carbocycles. The smallest absolute Gasteiger partial charge is 0.259 e. The van der Waals surface area contributed by atoms with Gasteiger partial charge in [-0.25, -0.2) is 4.98 Å². The van der Waals surface area contributed by atoms with E-state index in [2.05, 4.69) is 9.97 Å². The Morgan fingerprint density at radius 3 is 2.75 bits per heavy atom. The minimum atomic E-state index is -0.360. The van der Waals surface area contributed by atoms with E-state index in [1.165, 1.54) is 19.2 Å². The first-order chi connectivity index (χ1) is 13.5.